The van der Waals surface area contributed by atoms with Crippen LogP contribution in [0.4, 0.5) is 4.79 Å². The maximum absolute atomic E-state index is 12.5. The number of ether oxygens (including phenoxy) is 1. The molecule has 0 aliphatic rings. The first-order valence-electron chi connectivity index (χ1n) is 9.03. The van der Waals surface area contributed by atoms with Crippen LogP contribution in [0.25, 0.3) is 0 Å². The van der Waals surface area contributed by atoms with Crippen molar-refractivity contribution < 1.29 is 19.1 Å². The topological polar surface area (TPSA) is 111 Å². The quantitative estimate of drug-likeness (QED) is 0.616. The van der Waals surface area contributed by atoms with Crippen molar-refractivity contribution in [1.82, 2.24) is 10.6 Å². The number of carbonyl (C=O) groups excluding carboxylic acids is 3. The first kappa shape index (κ1) is 21.0. The molecule has 2 aromatic carbocycles. The van der Waals surface area contributed by atoms with Gasteiger partial charge in [0.25, 0.3) is 0 Å². The molecule has 4 N–H and O–H groups in total. The summed E-state index contributed by atoms with van der Waals surface area (Å²) in [6.07, 6.45) is -0.666. The molecule has 0 fully saturated rings. The van der Waals surface area contributed by atoms with Crippen LogP contribution in [0.1, 0.15) is 29.5 Å². The zero-order chi connectivity index (χ0) is 20.4. The lowest BCUT2D eigenvalue weighted by molar-refractivity contribution is -0.123. The number of benzene rings is 2. The number of primary amides is 1. The number of hydrogen-bond donors (Lipinski definition) is 3. The monoisotopic (exact) mass is 383 g/mol. The fourth-order valence-corrected chi connectivity index (χ4v) is 2.48. The zero-order valence-electron chi connectivity index (χ0n) is 15.8. The largest absolute Gasteiger partial charge is 0.445 e. The van der Waals surface area contributed by atoms with Crippen LogP contribution in [0.2, 0.25) is 0 Å². The molecule has 148 valence electrons. The van der Waals surface area contributed by atoms with Gasteiger partial charge in [-0.15, -0.1) is 0 Å². The summed E-state index contributed by atoms with van der Waals surface area (Å²) in [5.41, 5.74) is 8.05. The second-order valence-corrected chi connectivity index (χ2v) is 6.47. The minimum absolute atomic E-state index is 0.0262. The molecule has 7 heteroatoms. The summed E-state index contributed by atoms with van der Waals surface area (Å²) in [6, 6.07) is 16.0. The van der Waals surface area contributed by atoms with E-state index < -0.39 is 23.9 Å². The van der Waals surface area contributed by atoms with Crippen molar-refractivity contribution in [2.75, 3.05) is 0 Å². The second-order valence-electron chi connectivity index (χ2n) is 6.47. The highest BCUT2D eigenvalue weighted by Gasteiger charge is 2.22. The Morgan fingerprint density at radius 3 is 2.32 bits per heavy atom. The molecule has 3 amide bonds. The number of amides is 3. The summed E-state index contributed by atoms with van der Waals surface area (Å²) in [5.74, 6) is -0.950. The lowest BCUT2D eigenvalue weighted by Gasteiger charge is -2.18. The van der Waals surface area contributed by atoms with Gasteiger partial charge in [-0.1, -0.05) is 60.2 Å². The summed E-state index contributed by atoms with van der Waals surface area (Å²) < 4.78 is 5.15. The van der Waals surface area contributed by atoms with Gasteiger partial charge >= 0.3 is 6.09 Å². The molecule has 0 bridgehead atoms. The maximum Gasteiger partial charge on any atom is 0.408 e. The molecular weight excluding hydrogens is 358 g/mol. The molecule has 0 saturated carbocycles. The number of nitrogens with one attached hydrogen (secondary N) is 2. The van der Waals surface area contributed by atoms with Gasteiger partial charge in [0.2, 0.25) is 11.8 Å². The fraction of sp³-hybridized carbons (Fsp3) is 0.286. The predicted molar refractivity (Wildman–Crippen MR) is 105 cm³/mol. The van der Waals surface area contributed by atoms with Crippen molar-refractivity contribution in [3.05, 3.63) is 71.3 Å². The van der Waals surface area contributed by atoms with Crippen molar-refractivity contribution >= 4 is 17.9 Å². The fourth-order valence-electron chi connectivity index (χ4n) is 2.48. The van der Waals surface area contributed by atoms with Crippen LogP contribution in [0.15, 0.2) is 54.6 Å². The van der Waals surface area contributed by atoms with Crippen LogP contribution < -0.4 is 16.4 Å². The van der Waals surface area contributed by atoms with Gasteiger partial charge in [-0.25, -0.2) is 4.79 Å². The number of carbonyl (C=O) groups is 3. The summed E-state index contributed by atoms with van der Waals surface area (Å²) in [6.45, 7) is 2.38. The van der Waals surface area contributed by atoms with Crippen molar-refractivity contribution in [1.29, 1.82) is 0 Å². The Hall–Kier alpha value is -3.35. The van der Waals surface area contributed by atoms with Gasteiger partial charge in [0, 0.05) is 13.0 Å². The minimum atomic E-state index is -0.916. The van der Waals surface area contributed by atoms with Crippen LogP contribution in [-0.2, 0) is 27.5 Å². The Labute approximate surface area is 164 Å². The molecule has 0 spiro atoms. The highest BCUT2D eigenvalue weighted by atomic mass is 16.5. The van der Waals surface area contributed by atoms with E-state index in [1.54, 1.807) is 0 Å². The number of nitrogens with two attached hydrogens (primary N) is 1. The van der Waals surface area contributed by atoms with Gasteiger partial charge in [0.15, 0.2) is 0 Å². The summed E-state index contributed by atoms with van der Waals surface area (Å²) >= 11 is 0. The molecule has 28 heavy (non-hydrogen) atoms. The van der Waals surface area contributed by atoms with Crippen molar-refractivity contribution in [3.8, 4) is 0 Å². The molecule has 0 aliphatic carbocycles. The van der Waals surface area contributed by atoms with Crippen LogP contribution in [0.5, 0.6) is 0 Å². The lowest BCUT2D eigenvalue weighted by atomic mass is 10.1. The molecule has 2 rings (SSSR count). The Morgan fingerprint density at radius 2 is 1.68 bits per heavy atom. The van der Waals surface area contributed by atoms with Crippen molar-refractivity contribution in [2.24, 2.45) is 5.73 Å². The molecule has 7 nitrogen and oxygen atoms in total. The van der Waals surface area contributed by atoms with Crippen molar-refractivity contribution in [2.45, 2.75) is 39.0 Å². The molecule has 0 radical (unpaired) electrons. The van der Waals surface area contributed by atoms with Gasteiger partial charge in [0.1, 0.15) is 12.6 Å². The SMILES string of the molecule is Cc1ccc(CNC(=O)[C@@H](CCC(N)=O)NC(=O)OCc2ccccc2)cc1. The Bertz CT molecular complexity index is 791. The van der Waals surface area contributed by atoms with E-state index in [0.717, 1.165) is 16.7 Å². The Morgan fingerprint density at radius 1 is 1.00 bits per heavy atom. The third-order valence-corrected chi connectivity index (χ3v) is 4.09. The third-order valence-electron chi connectivity index (χ3n) is 4.09. The Balaban J connectivity index is 1.89. The van der Waals surface area contributed by atoms with Crippen LogP contribution in [0, 0.1) is 6.92 Å². The van der Waals surface area contributed by atoms with Gasteiger partial charge in [0.05, 0.1) is 0 Å². The molecule has 2 aromatic rings. The standard InChI is InChI=1S/C21H25N3O4/c1-15-7-9-16(10-8-15)13-23-20(26)18(11-12-19(22)25)24-21(27)28-14-17-5-3-2-4-6-17/h2-10,18H,11-14H2,1H3,(H2,22,25)(H,23,26)(H,24,27)/t18-/m1/s1. The first-order chi connectivity index (χ1) is 13.4. The van der Waals surface area contributed by atoms with Crippen LogP contribution >= 0.6 is 0 Å². The average molecular weight is 383 g/mol. The normalized spacial score (nSPS) is 11.3. The number of rotatable bonds is 9. The van der Waals surface area contributed by atoms with Crippen molar-refractivity contribution in [3.63, 3.8) is 0 Å². The first-order valence-corrected chi connectivity index (χ1v) is 9.03. The highest BCUT2D eigenvalue weighted by Crippen LogP contribution is 2.05. The highest BCUT2D eigenvalue weighted by molar-refractivity contribution is 5.86. The van der Waals surface area contributed by atoms with E-state index in [0.29, 0.717) is 6.54 Å². The molecular formula is C21H25N3O4. The smallest absolute Gasteiger partial charge is 0.408 e. The third kappa shape index (κ3) is 7.49. The van der Waals surface area contributed by atoms with E-state index in [1.807, 2.05) is 61.5 Å². The van der Waals surface area contributed by atoms with E-state index in [-0.39, 0.29) is 19.4 Å². The van der Waals surface area contributed by atoms with E-state index in [9.17, 15) is 14.4 Å². The van der Waals surface area contributed by atoms with E-state index >= 15 is 0 Å². The maximum atomic E-state index is 12.5. The second kappa shape index (κ2) is 10.7. The van der Waals surface area contributed by atoms with Gasteiger partial charge in [-0.2, -0.15) is 0 Å². The molecule has 0 aliphatic heterocycles. The lowest BCUT2D eigenvalue weighted by Crippen LogP contribution is -2.47. The molecule has 0 heterocycles. The summed E-state index contributed by atoms with van der Waals surface area (Å²) in [4.78, 5) is 35.6. The van der Waals surface area contributed by atoms with Crippen LogP contribution in [0.3, 0.4) is 0 Å². The molecule has 0 saturated heterocycles. The van der Waals surface area contributed by atoms with Gasteiger partial charge in [-0.05, 0) is 24.5 Å². The number of hydrogen-bond acceptors (Lipinski definition) is 4. The number of alkyl carbamates (subject to hydrolysis) is 1. The molecule has 0 unspecified atom stereocenters. The van der Waals surface area contributed by atoms with E-state index in [1.165, 1.54) is 0 Å². The number of aryl methyl sites for hydroxylation is 1. The van der Waals surface area contributed by atoms with E-state index in [4.69, 9.17) is 10.5 Å². The predicted octanol–water partition coefficient (Wildman–Crippen LogP) is 2.17. The van der Waals surface area contributed by atoms with E-state index in [2.05, 4.69) is 10.6 Å². The minimum Gasteiger partial charge on any atom is -0.445 e. The van der Waals surface area contributed by atoms with Gasteiger partial charge < -0.3 is 21.1 Å². The Kier molecular flexibility index (Phi) is 8.02. The molecule has 0 aromatic heterocycles. The summed E-state index contributed by atoms with van der Waals surface area (Å²) in [7, 11) is 0. The van der Waals surface area contributed by atoms with Crippen LogP contribution in [-0.4, -0.2) is 23.9 Å². The molecule has 1 atom stereocenters. The summed E-state index contributed by atoms with van der Waals surface area (Å²) in [5, 5.41) is 5.27. The zero-order valence-corrected chi connectivity index (χ0v) is 15.8. The van der Waals surface area contributed by atoms with Gasteiger partial charge in [-0.3, -0.25) is 9.59 Å². The average Bonchev–Trinajstić information content (AvgIpc) is 2.69.